The van der Waals surface area contributed by atoms with Crippen molar-refractivity contribution in [1.29, 1.82) is 0 Å². The van der Waals surface area contributed by atoms with Crippen LogP contribution < -0.4 is 20.2 Å². The fourth-order valence-corrected chi connectivity index (χ4v) is 5.17. The van der Waals surface area contributed by atoms with E-state index >= 15 is 0 Å². The van der Waals surface area contributed by atoms with Gasteiger partial charge >= 0.3 is 0 Å². The van der Waals surface area contributed by atoms with Crippen LogP contribution in [-0.2, 0) is 21.2 Å². The van der Waals surface area contributed by atoms with Crippen molar-refractivity contribution >= 4 is 32.3 Å². The average Bonchev–Trinajstić information content (AvgIpc) is 2.86. The smallest absolute Gasteiger partial charge is 0.244 e. The summed E-state index contributed by atoms with van der Waals surface area (Å²) in [5.41, 5.74) is 1.06. The van der Waals surface area contributed by atoms with Crippen LogP contribution in [0.5, 0.6) is 11.5 Å². The van der Waals surface area contributed by atoms with E-state index in [4.69, 9.17) is 9.47 Å². The Labute approximate surface area is 202 Å². The Morgan fingerprint density at radius 2 is 1.71 bits per heavy atom. The Balaban J connectivity index is 1.79. The molecule has 1 amide bonds. The van der Waals surface area contributed by atoms with Gasteiger partial charge in [-0.1, -0.05) is 29.8 Å². The van der Waals surface area contributed by atoms with Gasteiger partial charge in [0.25, 0.3) is 0 Å². The van der Waals surface area contributed by atoms with E-state index < -0.39 is 26.1 Å². The van der Waals surface area contributed by atoms with Gasteiger partial charge in [0.2, 0.25) is 21.2 Å². The van der Waals surface area contributed by atoms with Crippen LogP contribution in [0.15, 0.2) is 87.5 Å². The number of sulfone groups is 1. The zero-order valence-corrected chi connectivity index (χ0v) is 20.3. The summed E-state index contributed by atoms with van der Waals surface area (Å²) in [6.45, 7) is 1.58. The number of anilines is 1. The number of benzene rings is 3. The zero-order chi connectivity index (χ0) is 25.2. The average molecular weight is 493 g/mol. The Bertz CT molecular complexity index is 1580. The Hall–Kier alpha value is -4.11. The first-order valence-electron chi connectivity index (χ1n) is 10.7. The number of ether oxygens (including phenoxy) is 2. The number of hydrogen-bond donors (Lipinski definition) is 1. The molecule has 1 N–H and O–H groups in total. The van der Waals surface area contributed by atoms with Crippen LogP contribution in [0.2, 0.25) is 0 Å². The molecule has 0 aliphatic heterocycles. The minimum Gasteiger partial charge on any atom is -0.497 e. The third kappa shape index (κ3) is 4.76. The van der Waals surface area contributed by atoms with Gasteiger partial charge in [-0.25, -0.2) is 8.42 Å². The summed E-state index contributed by atoms with van der Waals surface area (Å²) in [6.07, 6.45) is 1.23. The van der Waals surface area contributed by atoms with Crippen LogP contribution in [0.25, 0.3) is 10.9 Å². The molecule has 0 unspecified atom stereocenters. The summed E-state index contributed by atoms with van der Waals surface area (Å²) in [7, 11) is -1.11. The molecule has 9 heteroatoms. The monoisotopic (exact) mass is 492 g/mol. The van der Waals surface area contributed by atoms with Crippen molar-refractivity contribution in [2.75, 3.05) is 19.5 Å². The van der Waals surface area contributed by atoms with Gasteiger partial charge in [0, 0.05) is 17.6 Å². The third-order valence-electron chi connectivity index (χ3n) is 5.54. The molecule has 0 bridgehead atoms. The summed E-state index contributed by atoms with van der Waals surface area (Å²) in [5, 5.41) is 2.99. The van der Waals surface area contributed by atoms with Crippen LogP contribution in [0.4, 0.5) is 5.69 Å². The molecule has 0 atom stereocenters. The topological polar surface area (TPSA) is 104 Å². The molecule has 8 nitrogen and oxygen atoms in total. The SMILES string of the molecule is COc1ccc(NC(=O)Cn2cc(S(=O)(=O)c3ccccc3)c(=O)c3cc(C)ccc32)c(OC)c1. The first kappa shape index (κ1) is 24.0. The molecule has 1 aromatic heterocycles. The molecule has 0 aliphatic carbocycles. The molecule has 1 heterocycles. The number of carbonyl (C=O) groups excluding carboxylic acids is 1. The number of nitrogens with zero attached hydrogens (tertiary/aromatic N) is 1. The van der Waals surface area contributed by atoms with Gasteiger partial charge in [0.15, 0.2) is 0 Å². The number of fused-ring (bicyclic) bond motifs is 1. The highest BCUT2D eigenvalue weighted by Crippen LogP contribution is 2.29. The molecule has 35 heavy (non-hydrogen) atoms. The Kier molecular flexibility index (Phi) is 6.61. The van der Waals surface area contributed by atoms with Crippen molar-refractivity contribution in [3.05, 3.63) is 88.7 Å². The van der Waals surface area contributed by atoms with E-state index in [9.17, 15) is 18.0 Å². The highest BCUT2D eigenvalue weighted by atomic mass is 32.2. The first-order chi connectivity index (χ1) is 16.7. The maximum absolute atomic E-state index is 13.3. The van der Waals surface area contributed by atoms with E-state index in [0.717, 1.165) is 5.56 Å². The zero-order valence-electron chi connectivity index (χ0n) is 19.4. The summed E-state index contributed by atoms with van der Waals surface area (Å²) in [6, 6.07) is 17.8. The summed E-state index contributed by atoms with van der Waals surface area (Å²) < 4.78 is 38.6. The number of methoxy groups -OCH3 is 2. The molecular weight excluding hydrogens is 468 g/mol. The molecule has 0 fully saturated rings. The van der Waals surface area contributed by atoms with E-state index in [0.29, 0.717) is 22.7 Å². The largest absolute Gasteiger partial charge is 0.497 e. The van der Waals surface area contributed by atoms with Gasteiger partial charge in [-0.2, -0.15) is 0 Å². The van der Waals surface area contributed by atoms with Gasteiger partial charge in [0.1, 0.15) is 22.9 Å². The number of amides is 1. The predicted octanol–water partition coefficient (Wildman–Crippen LogP) is 3.80. The fourth-order valence-electron chi connectivity index (χ4n) is 3.78. The van der Waals surface area contributed by atoms with Crippen molar-refractivity contribution in [2.45, 2.75) is 23.3 Å². The van der Waals surface area contributed by atoms with Crippen molar-refractivity contribution < 1.29 is 22.7 Å². The normalized spacial score (nSPS) is 11.3. The molecule has 0 saturated carbocycles. The van der Waals surface area contributed by atoms with Crippen molar-refractivity contribution in [2.24, 2.45) is 0 Å². The van der Waals surface area contributed by atoms with Crippen LogP contribution >= 0.6 is 0 Å². The number of rotatable bonds is 7. The lowest BCUT2D eigenvalue weighted by Crippen LogP contribution is -2.24. The number of carbonyl (C=O) groups is 1. The van der Waals surface area contributed by atoms with Gasteiger partial charge in [-0.3, -0.25) is 9.59 Å². The molecule has 0 aliphatic rings. The molecular formula is C26H24N2O6S. The molecule has 0 radical (unpaired) electrons. The lowest BCUT2D eigenvalue weighted by molar-refractivity contribution is -0.116. The second-order valence-corrected chi connectivity index (χ2v) is 9.82. The molecule has 4 aromatic rings. The van der Waals surface area contributed by atoms with Crippen LogP contribution in [0.1, 0.15) is 5.56 Å². The van der Waals surface area contributed by atoms with Crippen LogP contribution in [0.3, 0.4) is 0 Å². The number of hydrogen-bond acceptors (Lipinski definition) is 6. The van der Waals surface area contributed by atoms with Crippen molar-refractivity contribution in [1.82, 2.24) is 4.57 Å². The lowest BCUT2D eigenvalue weighted by Gasteiger charge is -2.16. The number of aryl methyl sites for hydroxylation is 1. The van der Waals surface area contributed by atoms with Gasteiger partial charge in [-0.05, 0) is 43.3 Å². The lowest BCUT2D eigenvalue weighted by atomic mass is 10.1. The van der Waals surface area contributed by atoms with Gasteiger partial charge in [0.05, 0.1) is 30.3 Å². The quantitative estimate of drug-likeness (QED) is 0.421. The second-order valence-electron chi connectivity index (χ2n) is 7.90. The van der Waals surface area contributed by atoms with Crippen LogP contribution in [0, 0.1) is 6.92 Å². The van der Waals surface area contributed by atoms with E-state index in [1.165, 1.54) is 37.1 Å². The molecule has 3 aromatic carbocycles. The first-order valence-corrected chi connectivity index (χ1v) is 12.2. The standard InChI is InChI=1S/C26H24N2O6S/c1-17-9-12-22-20(13-17)26(30)24(35(31,32)19-7-5-4-6-8-19)15-28(22)16-25(29)27-21-11-10-18(33-2)14-23(21)34-3/h4-15H,16H2,1-3H3,(H,27,29). The molecule has 0 spiro atoms. The maximum Gasteiger partial charge on any atom is 0.244 e. The highest BCUT2D eigenvalue weighted by Gasteiger charge is 2.24. The minimum absolute atomic E-state index is 0.00285. The number of pyridine rings is 1. The summed E-state index contributed by atoms with van der Waals surface area (Å²) in [5.74, 6) is 0.546. The summed E-state index contributed by atoms with van der Waals surface area (Å²) >= 11 is 0. The van der Waals surface area contributed by atoms with E-state index in [1.54, 1.807) is 54.6 Å². The Morgan fingerprint density at radius 1 is 0.971 bits per heavy atom. The molecule has 4 rings (SSSR count). The minimum atomic E-state index is -4.11. The van der Waals surface area contributed by atoms with Crippen LogP contribution in [-0.4, -0.2) is 33.1 Å². The van der Waals surface area contributed by atoms with Crippen molar-refractivity contribution in [3.63, 3.8) is 0 Å². The maximum atomic E-state index is 13.3. The van der Waals surface area contributed by atoms with E-state index in [1.807, 2.05) is 6.92 Å². The third-order valence-corrected chi connectivity index (χ3v) is 7.31. The number of aromatic nitrogens is 1. The van der Waals surface area contributed by atoms with Crippen molar-refractivity contribution in [3.8, 4) is 11.5 Å². The van der Waals surface area contributed by atoms with E-state index in [2.05, 4.69) is 5.32 Å². The fraction of sp³-hybridized carbons (Fsp3) is 0.154. The molecule has 180 valence electrons. The van der Waals surface area contributed by atoms with Gasteiger partial charge < -0.3 is 19.4 Å². The second kappa shape index (κ2) is 9.63. The predicted molar refractivity (Wildman–Crippen MR) is 133 cm³/mol. The highest BCUT2D eigenvalue weighted by molar-refractivity contribution is 7.91. The number of nitrogens with one attached hydrogen (secondary N) is 1. The van der Waals surface area contributed by atoms with Gasteiger partial charge in [-0.15, -0.1) is 0 Å². The summed E-state index contributed by atoms with van der Waals surface area (Å²) in [4.78, 5) is 25.8. The Morgan fingerprint density at radius 3 is 2.40 bits per heavy atom. The molecule has 0 saturated heterocycles. The van der Waals surface area contributed by atoms with E-state index in [-0.39, 0.29) is 16.8 Å².